The van der Waals surface area contributed by atoms with E-state index in [9.17, 15) is 13.9 Å². The topological polar surface area (TPSA) is 46.2 Å². The number of phenols is 1. The molecule has 0 aromatic heterocycles. The van der Waals surface area contributed by atoms with Crippen molar-refractivity contribution in [3.05, 3.63) is 29.3 Å². The Morgan fingerprint density at radius 1 is 1.36 bits per heavy atom. The second-order valence-corrected chi connectivity index (χ2v) is 3.77. The lowest BCUT2D eigenvalue weighted by atomic mass is 9.95. The standard InChI is InChI=1S/C10H11F2NO/c11-6-3-7(9(14)8(12)4-6)10(5-13)1-2-10/h3-4,14H,1-2,5,13H2. The zero-order valence-corrected chi connectivity index (χ0v) is 7.56. The van der Waals surface area contributed by atoms with Gasteiger partial charge in [-0.25, -0.2) is 8.78 Å². The van der Waals surface area contributed by atoms with Crippen molar-refractivity contribution < 1.29 is 13.9 Å². The summed E-state index contributed by atoms with van der Waals surface area (Å²) in [7, 11) is 0. The highest BCUT2D eigenvalue weighted by molar-refractivity contribution is 5.44. The maximum Gasteiger partial charge on any atom is 0.168 e. The molecule has 4 heteroatoms. The van der Waals surface area contributed by atoms with Crippen LogP contribution in [0.25, 0.3) is 0 Å². The molecule has 1 aromatic carbocycles. The van der Waals surface area contributed by atoms with Gasteiger partial charge in [-0.05, 0) is 18.9 Å². The van der Waals surface area contributed by atoms with E-state index >= 15 is 0 Å². The molecule has 0 bridgehead atoms. The first kappa shape index (κ1) is 9.40. The molecular formula is C10H11F2NO. The van der Waals surface area contributed by atoms with Crippen LogP contribution in [-0.4, -0.2) is 11.7 Å². The maximum atomic E-state index is 13.0. The van der Waals surface area contributed by atoms with Gasteiger partial charge in [0.2, 0.25) is 0 Å². The molecule has 1 fully saturated rings. The summed E-state index contributed by atoms with van der Waals surface area (Å²) in [6.07, 6.45) is 1.56. The highest BCUT2D eigenvalue weighted by Crippen LogP contribution is 2.50. The fourth-order valence-electron chi connectivity index (χ4n) is 1.70. The van der Waals surface area contributed by atoms with Crippen LogP contribution in [0.15, 0.2) is 12.1 Å². The molecule has 0 saturated heterocycles. The third-order valence-corrected chi connectivity index (χ3v) is 2.84. The summed E-state index contributed by atoms with van der Waals surface area (Å²) in [5.74, 6) is -2.05. The minimum atomic E-state index is -0.917. The van der Waals surface area contributed by atoms with Crippen LogP contribution in [0.4, 0.5) is 8.78 Å². The predicted molar refractivity (Wildman–Crippen MR) is 48.0 cm³/mol. The van der Waals surface area contributed by atoms with Crippen LogP contribution in [0.5, 0.6) is 5.75 Å². The summed E-state index contributed by atoms with van der Waals surface area (Å²) in [4.78, 5) is 0. The molecule has 0 amide bonds. The Morgan fingerprint density at radius 3 is 2.50 bits per heavy atom. The van der Waals surface area contributed by atoms with Gasteiger partial charge < -0.3 is 10.8 Å². The first-order valence-corrected chi connectivity index (χ1v) is 4.48. The van der Waals surface area contributed by atoms with Gasteiger partial charge in [0, 0.05) is 23.6 Å². The van der Waals surface area contributed by atoms with Gasteiger partial charge >= 0.3 is 0 Å². The highest BCUT2D eigenvalue weighted by atomic mass is 19.1. The lowest BCUT2D eigenvalue weighted by Gasteiger charge is -2.14. The Labute approximate surface area is 80.4 Å². The monoisotopic (exact) mass is 199 g/mol. The average molecular weight is 199 g/mol. The first-order valence-electron chi connectivity index (χ1n) is 4.48. The molecule has 0 atom stereocenters. The van der Waals surface area contributed by atoms with Crippen molar-refractivity contribution in [3.8, 4) is 5.75 Å². The van der Waals surface area contributed by atoms with Crippen molar-refractivity contribution in [2.75, 3.05) is 6.54 Å². The minimum Gasteiger partial charge on any atom is -0.505 e. The largest absolute Gasteiger partial charge is 0.505 e. The van der Waals surface area contributed by atoms with Crippen molar-refractivity contribution in [1.82, 2.24) is 0 Å². The molecule has 1 aliphatic carbocycles. The number of nitrogens with two attached hydrogens (primary N) is 1. The molecule has 0 aliphatic heterocycles. The number of hydrogen-bond donors (Lipinski definition) is 2. The van der Waals surface area contributed by atoms with Gasteiger partial charge in [0.1, 0.15) is 5.82 Å². The molecule has 1 saturated carbocycles. The molecule has 76 valence electrons. The summed E-state index contributed by atoms with van der Waals surface area (Å²) in [6, 6.07) is 1.84. The zero-order chi connectivity index (χ0) is 10.3. The first-order chi connectivity index (χ1) is 6.59. The number of benzene rings is 1. The Balaban J connectivity index is 2.52. The second-order valence-electron chi connectivity index (χ2n) is 3.77. The molecule has 0 heterocycles. The van der Waals surface area contributed by atoms with Gasteiger partial charge in [0.25, 0.3) is 0 Å². The molecule has 3 N–H and O–H groups in total. The SMILES string of the molecule is NCC1(c2cc(F)cc(F)c2O)CC1. The predicted octanol–water partition coefficient (Wildman–Crippen LogP) is 1.66. The van der Waals surface area contributed by atoms with E-state index in [-0.39, 0.29) is 0 Å². The molecule has 1 aliphatic rings. The van der Waals surface area contributed by atoms with Crippen molar-refractivity contribution in [2.24, 2.45) is 5.73 Å². The Morgan fingerprint density at radius 2 is 2.00 bits per heavy atom. The van der Waals surface area contributed by atoms with Crippen LogP contribution < -0.4 is 5.73 Å². The van der Waals surface area contributed by atoms with Crippen LogP contribution in [0.3, 0.4) is 0 Å². The van der Waals surface area contributed by atoms with E-state index in [1.807, 2.05) is 0 Å². The molecule has 0 radical (unpaired) electrons. The summed E-state index contributed by atoms with van der Waals surface area (Å²) < 4.78 is 25.9. The third-order valence-electron chi connectivity index (χ3n) is 2.84. The normalized spacial score (nSPS) is 18.2. The Kier molecular flexibility index (Phi) is 1.96. The number of hydrogen-bond acceptors (Lipinski definition) is 2. The van der Waals surface area contributed by atoms with Gasteiger partial charge in [-0.3, -0.25) is 0 Å². The Bertz CT molecular complexity index is 375. The van der Waals surface area contributed by atoms with Gasteiger partial charge in [-0.15, -0.1) is 0 Å². The van der Waals surface area contributed by atoms with Crippen LogP contribution >= 0.6 is 0 Å². The van der Waals surface area contributed by atoms with Crippen LogP contribution in [0.2, 0.25) is 0 Å². The van der Waals surface area contributed by atoms with Crippen molar-refractivity contribution >= 4 is 0 Å². The van der Waals surface area contributed by atoms with E-state index in [4.69, 9.17) is 5.73 Å². The van der Waals surface area contributed by atoms with Gasteiger partial charge in [0.15, 0.2) is 11.6 Å². The zero-order valence-electron chi connectivity index (χ0n) is 7.56. The number of phenolic OH excluding ortho intramolecular Hbond substituents is 1. The number of aromatic hydroxyl groups is 1. The maximum absolute atomic E-state index is 13.0. The molecule has 2 rings (SSSR count). The van der Waals surface area contributed by atoms with E-state index < -0.39 is 22.8 Å². The van der Waals surface area contributed by atoms with Gasteiger partial charge in [-0.2, -0.15) is 0 Å². The highest BCUT2D eigenvalue weighted by Gasteiger charge is 2.45. The number of halogens is 2. The average Bonchev–Trinajstić information content (AvgIpc) is 2.92. The van der Waals surface area contributed by atoms with E-state index in [0.717, 1.165) is 18.9 Å². The lowest BCUT2D eigenvalue weighted by Crippen LogP contribution is -2.20. The number of rotatable bonds is 2. The molecule has 2 nitrogen and oxygen atoms in total. The van der Waals surface area contributed by atoms with Crippen molar-refractivity contribution in [2.45, 2.75) is 18.3 Å². The summed E-state index contributed by atoms with van der Waals surface area (Å²) in [6.45, 7) is 0.309. The van der Waals surface area contributed by atoms with Crippen LogP contribution in [0.1, 0.15) is 18.4 Å². The summed E-state index contributed by atoms with van der Waals surface area (Å²) in [5.41, 5.74) is 5.42. The molecular weight excluding hydrogens is 188 g/mol. The fourth-order valence-corrected chi connectivity index (χ4v) is 1.70. The molecule has 0 unspecified atom stereocenters. The molecule has 14 heavy (non-hydrogen) atoms. The minimum absolute atomic E-state index is 0.303. The van der Waals surface area contributed by atoms with Crippen LogP contribution in [0, 0.1) is 11.6 Å². The van der Waals surface area contributed by atoms with Crippen LogP contribution in [-0.2, 0) is 5.41 Å². The third kappa shape index (κ3) is 1.26. The van der Waals surface area contributed by atoms with E-state index in [1.54, 1.807) is 0 Å². The van der Waals surface area contributed by atoms with Crippen molar-refractivity contribution in [1.29, 1.82) is 0 Å². The molecule has 0 spiro atoms. The second kappa shape index (κ2) is 2.92. The van der Waals surface area contributed by atoms with E-state index in [2.05, 4.69) is 0 Å². The fraction of sp³-hybridized carbons (Fsp3) is 0.400. The quantitative estimate of drug-likeness (QED) is 0.760. The van der Waals surface area contributed by atoms with Crippen molar-refractivity contribution in [3.63, 3.8) is 0 Å². The lowest BCUT2D eigenvalue weighted by molar-refractivity contribution is 0.413. The van der Waals surface area contributed by atoms with Gasteiger partial charge in [0.05, 0.1) is 0 Å². The molecule has 1 aromatic rings. The summed E-state index contributed by atoms with van der Waals surface area (Å²) in [5, 5.41) is 9.43. The summed E-state index contributed by atoms with van der Waals surface area (Å²) >= 11 is 0. The van der Waals surface area contributed by atoms with E-state index in [0.29, 0.717) is 18.2 Å². The van der Waals surface area contributed by atoms with E-state index in [1.165, 1.54) is 0 Å². The van der Waals surface area contributed by atoms with Gasteiger partial charge in [-0.1, -0.05) is 0 Å². The Hall–Kier alpha value is -1.16. The smallest absolute Gasteiger partial charge is 0.168 e.